The number of hydrogen-bond donors (Lipinski definition) is 1. The van der Waals surface area contributed by atoms with Crippen LogP contribution in [0.1, 0.15) is 39.3 Å². The Kier molecular flexibility index (Phi) is 3.38. The minimum absolute atomic E-state index is 0.197. The third-order valence-corrected chi connectivity index (χ3v) is 2.90. The standard InChI is InChI=1S/C14H22N2O/c1-10-7-12(5-6-15-10)17-13-8-11(9-13)16-14(2,3)4/h5-7,11,13,16H,8-9H2,1-4H3/t11-,13+. The van der Waals surface area contributed by atoms with Gasteiger partial charge in [-0.1, -0.05) is 0 Å². The fourth-order valence-corrected chi connectivity index (χ4v) is 2.18. The first-order chi connectivity index (χ1) is 7.92. The smallest absolute Gasteiger partial charge is 0.123 e. The predicted molar refractivity (Wildman–Crippen MR) is 69.3 cm³/mol. The molecule has 0 amide bonds. The average Bonchev–Trinajstić information content (AvgIpc) is 2.12. The van der Waals surface area contributed by atoms with E-state index in [2.05, 4.69) is 31.1 Å². The van der Waals surface area contributed by atoms with Crippen molar-refractivity contribution in [2.75, 3.05) is 0 Å². The van der Waals surface area contributed by atoms with Crippen LogP contribution < -0.4 is 10.1 Å². The van der Waals surface area contributed by atoms with E-state index in [9.17, 15) is 0 Å². The highest BCUT2D eigenvalue weighted by Crippen LogP contribution is 2.27. The summed E-state index contributed by atoms with van der Waals surface area (Å²) in [5.74, 6) is 0.941. The van der Waals surface area contributed by atoms with Crippen LogP contribution in [0, 0.1) is 6.92 Å². The van der Waals surface area contributed by atoms with Crippen molar-refractivity contribution in [3.8, 4) is 5.75 Å². The second-order valence-corrected chi connectivity index (χ2v) is 5.94. The first-order valence-electron chi connectivity index (χ1n) is 6.29. The lowest BCUT2D eigenvalue weighted by Gasteiger charge is -2.40. The van der Waals surface area contributed by atoms with Gasteiger partial charge in [0.15, 0.2) is 0 Å². The van der Waals surface area contributed by atoms with Crippen LogP contribution in [-0.4, -0.2) is 22.7 Å². The number of aryl methyl sites for hydroxylation is 1. The van der Waals surface area contributed by atoms with Gasteiger partial charge in [-0.2, -0.15) is 0 Å². The molecule has 1 fully saturated rings. The summed E-state index contributed by atoms with van der Waals surface area (Å²) in [5, 5.41) is 3.59. The Bertz CT molecular complexity index is 378. The highest BCUT2D eigenvalue weighted by atomic mass is 16.5. The van der Waals surface area contributed by atoms with Crippen molar-refractivity contribution in [3.63, 3.8) is 0 Å². The number of pyridine rings is 1. The molecule has 1 aliphatic rings. The van der Waals surface area contributed by atoms with Crippen molar-refractivity contribution in [2.24, 2.45) is 0 Å². The van der Waals surface area contributed by atoms with Gasteiger partial charge in [-0.15, -0.1) is 0 Å². The largest absolute Gasteiger partial charge is 0.490 e. The van der Waals surface area contributed by atoms with Crippen LogP contribution in [0.3, 0.4) is 0 Å². The van der Waals surface area contributed by atoms with Crippen LogP contribution in [-0.2, 0) is 0 Å². The number of nitrogens with one attached hydrogen (secondary N) is 1. The van der Waals surface area contributed by atoms with Gasteiger partial charge in [-0.3, -0.25) is 4.98 Å². The van der Waals surface area contributed by atoms with Gasteiger partial charge in [0.05, 0.1) is 0 Å². The quantitative estimate of drug-likeness (QED) is 0.873. The molecule has 2 rings (SSSR count). The Morgan fingerprint density at radius 2 is 2.06 bits per heavy atom. The van der Waals surface area contributed by atoms with Crippen LogP contribution in [0.5, 0.6) is 5.75 Å². The minimum Gasteiger partial charge on any atom is -0.490 e. The lowest BCUT2D eigenvalue weighted by molar-refractivity contribution is 0.0733. The highest BCUT2D eigenvalue weighted by molar-refractivity contribution is 5.22. The number of nitrogens with zero attached hydrogens (tertiary/aromatic N) is 1. The fraction of sp³-hybridized carbons (Fsp3) is 0.643. The zero-order chi connectivity index (χ0) is 12.5. The van der Waals surface area contributed by atoms with Gasteiger partial charge in [0, 0.05) is 29.5 Å². The molecule has 3 nitrogen and oxygen atoms in total. The molecule has 1 saturated carbocycles. The zero-order valence-electron chi connectivity index (χ0n) is 11.2. The van der Waals surface area contributed by atoms with Gasteiger partial charge in [0.25, 0.3) is 0 Å². The monoisotopic (exact) mass is 234 g/mol. The molecule has 1 heterocycles. The summed E-state index contributed by atoms with van der Waals surface area (Å²) in [5.41, 5.74) is 1.20. The maximum atomic E-state index is 5.90. The molecule has 0 unspecified atom stereocenters. The zero-order valence-corrected chi connectivity index (χ0v) is 11.2. The second-order valence-electron chi connectivity index (χ2n) is 5.94. The summed E-state index contributed by atoms with van der Waals surface area (Å²) in [6.45, 7) is 8.59. The molecule has 0 spiro atoms. The molecule has 0 aliphatic heterocycles. The van der Waals surface area contributed by atoms with Gasteiger partial charge < -0.3 is 10.1 Å². The van der Waals surface area contributed by atoms with Gasteiger partial charge in [-0.25, -0.2) is 0 Å². The summed E-state index contributed by atoms with van der Waals surface area (Å²) in [6, 6.07) is 4.52. The molecule has 0 saturated heterocycles. The summed E-state index contributed by atoms with van der Waals surface area (Å²) < 4.78 is 5.90. The predicted octanol–water partition coefficient (Wildman–Crippen LogP) is 2.69. The van der Waals surface area contributed by atoms with Gasteiger partial charge in [-0.05, 0) is 46.6 Å². The maximum Gasteiger partial charge on any atom is 0.123 e. The Morgan fingerprint density at radius 1 is 1.35 bits per heavy atom. The van der Waals surface area contributed by atoms with Crippen LogP contribution in [0.2, 0.25) is 0 Å². The molecular weight excluding hydrogens is 212 g/mol. The van der Waals surface area contributed by atoms with E-state index >= 15 is 0 Å². The lowest BCUT2D eigenvalue weighted by Crippen LogP contribution is -2.53. The molecule has 0 bridgehead atoms. The van der Waals surface area contributed by atoms with Gasteiger partial charge in [0.1, 0.15) is 11.9 Å². The second kappa shape index (κ2) is 4.65. The first-order valence-corrected chi connectivity index (χ1v) is 6.29. The SMILES string of the molecule is Cc1cc(O[C@H]2C[C@@H](NC(C)(C)C)C2)ccn1. The molecule has 1 aromatic heterocycles. The van der Waals surface area contributed by atoms with Crippen LogP contribution in [0.15, 0.2) is 18.3 Å². The average molecular weight is 234 g/mol. The molecule has 0 aromatic carbocycles. The first kappa shape index (κ1) is 12.4. The van der Waals surface area contributed by atoms with Crippen LogP contribution in [0.4, 0.5) is 0 Å². The molecule has 1 N–H and O–H groups in total. The van der Waals surface area contributed by atoms with Crippen molar-refractivity contribution >= 4 is 0 Å². The number of rotatable bonds is 3. The van der Waals surface area contributed by atoms with Crippen molar-refractivity contribution in [2.45, 2.75) is 58.2 Å². The Hall–Kier alpha value is -1.09. The van der Waals surface area contributed by atoms with Gasteiger partial charge in [0.2, 0.25) is 0 Å². The van der Waals surface area contributed by atoms with Crippen LogP contribution >= 0.6 is 0 Å². The third-order valence-electron chi connectivity index (χ3n) is 2.90. The highest BCUT2D eigenvalue weighted by Gasteiger charge is 2.32. The number of ether oxygens (including phenoxy) is 1. The Balaban J connectivity index is 1.78. The van der Waals surface area contributed by atoms with E-state index in [1.807, 2.05) is 19.1 Å². The van der Waals surface area contributed by atoms with Crippen molar-refractivity contribution in [1.29, 1.82) is 0 Å². The topological polar surface area (TPSA) is 34.1 Å². The minimum atomic E-state index is 0.197. The Labute approximate surface area is 104 Å². The number of aromatic nitrogens is 1. The van der Waals surface area contributed by atoms with Crippen molar-refractivity contribution in [1.82, 2.24) is 10.3 Å². The van der Waals surface area contributed by atoms with E-state index in [0.29, 0.717) is 12.1 Å². The molecule has 94 valence electrons. The summed E-state index contributed by atoms with van der Waals surface area (Å²) >= 11 is 0. The third kappa shape index (κ3) is 3.70. The van der Waals surface area contributed by atoms with E-state index in [-0.39, 0.29) is 5.54 Å². The van der Waals surface area contributed by atoms with Gasteiger partial charge >= 0.3 is 0 Å². The molecule has 1 aliphatic carbocycles. The maximum absolute atomic E-state index is 5.90. The summed E-state index contributed by atoms with van der Waals surface area (Å²) in [6.07, 6.45) is 4.35. The van der Waals surface area contributed by atoms with E-state index in [1.54, 1.807) is 6.20 Å². The molecule has 0 atom stereocenters. The van der Waals surface area contributed by atoms with Crippen LogP contribution in [0.25, 0.3) is 0 Å². The molecule has 1 aromatic rings. The van der Waals surface area contributed by atoms with E-state index < -0.39 is 0 Å². The van der Waals surface area contributed by atoms with E-state index in [4.69, 9.17) is 4.74 Å². The Morgan fingerprint density at radius 3 is 2.65 bits per heavy atom. The summed E-state index contributed by atoms with van der Waals surface area (Å²) in [7, 11) is 0. The van der Waals surface area contributed by atoms with Crippen molar-refractivity contribution in [3.05, 3.63) is 24.0 Å². The molecular formula is C14H22N2O. The summed E-state index contributed by atoms with van der Waals surface area (Å²) in [4.78, 5) is 4.16. The van der Waals surface area contributed by atoms with E-state index in [0.717, 1.165) is 24.3 Å². The van der Waals surface area contributed by atoms with Crippen molar-refractivity contribution < 1.29 is 4.74 Å². The normalized spacial score (nSPS) is 24.2. The molecule has 17 heavy (non-hydrogen) atoms. The number of hydrogen-bond acceptors (Lipinski definition) is 3. The lowest BCUT2D eigenvalue weighted by atomic mass is 9.87. The fourth-order valence-electron chi connectivity index (χ4n) is 2.18. The molecule has 3 heteroatoms. The van der Waals surface area contributed by atoms with E-state index in [1.165, 1.54) is 0 Å². The molecule has 0 radical (unpaired) electrons.